The molecular formula is C5H12ClNO2S. The smallest absolute Gasteiger partial charge is 0.245 e. The molecule has 0 aromatic heterocycles. The Kier molecular flexibility index (Phi) is 4.24. The Bertz CT molecular complexity index is 178. The molecule has 0 radical (unpaired) electrons. The van der Waals surface area contributed by atoms with Crippen LogP contribution in [-0.2, 0) is 9.05 Å². The average Bonchev–Trinajstić information content (AvgIpc) is 1.59. The van der Waals surface area contributed by atoms with Gasteiger partial charge in [-0.3, -0.25) is 4.90 Å². The van der Waals surface area contributed by atoms with E-state index in [2.05, 4.69) is 0 Å². The molecule has 0 N–H and O–H groups in total. The summed E-state index contributed by atoms with van der Waals surface area (Å²) in [6.07, 6.45) is 0.933. The van der Waals surface area contributed by atoms with Gasteiger partial charge in [0.25, 0.3) is 0 Å². The largest absolute Gasteiger partial charge is 0.292 e. The summed E-state index contributed by atoms with van der Waals surface area (Å²) in [5.41, 5.74) is 0. The van der Waals surface area contributed by atoms with Gasteiger partial charge in [0.15, 0.2) is 0 Å². The van der Waals surface area contributed by atoms with Gasteiger partial charge in [-0.2, -0.15) is 0 Å². The summed E-state index contributed by atoms with van der Waals surface area (Å²) in [6, 6.07) is 0. The summed E-state index contributed by atoms with van der Waals surface area (Å²) in [5.74, 6) is -0.0671. The zero-order valence-electron chi connectivity index (χ0n) is 6.17. The fourth-order valence-electron chi connectivity index (χ4n) is 0.710. The highest BCUT2D eigenvalue weighted by Gasteiger charge is 2.07. The molecule has 0 unspecified atom stereocenters. The molecule has 62 valence electrons. The van der Waals surface area contributed by atoms with Gasteiger partial charge >= 0.3 is 0 Å². The van der Waals surface area contributed by atoms with Crippen LogP contribution < -0.4 is 0 Å². The maximum absolute atomic E-state index is 10.4. The molecule has 0 fully saturated rings. The van der Waals surface area contributed by atoms with Crippen LogP contribution >= 0.6 is 10.7 Å². The lowest BCUT2D eigenvalue weighted by Gasteiger charge is -2.11. The molecule has 0 amide bonds. The number of hydrogen-bond acceptors (Lipinski definition) is 3. The van der Waals surface area contributed by atoms with E-state index in [1.54, 1.807) is 11.9 Å². The molecule has 3 nitrogen and oxygen atoms in total. The summed E-state index contributed by atoms with van der Waals surface area (Å²) in [4.78, 5) is 1.67. The Labute approximate surface area is 66.4 Å². The number of nitrogens with zero attached hydrogens (tertiary/aromatic N) is 1. The Hall–Kier alpha value is 0.200. The van der Waals surface area contributed by atoms with Crippen molar-refractivity contribution in [3.8, 4) is 0 Å². The summed E-state index contributed by atoms with van der Waals surface area (Å²) >= 11 is 0. The van der Waals surface area contributed by atoms with Crippen LogP contribution in [0.3, 0.4) is 0 Å². The number of hydrogen-bond donors (Lipinski definition) is 0. The minimum Gasteiger partial charge on any atom is -0.292 e. The van der Waals surface area contributed by atoms with E-state index >= 15 is 0 Å². The first-order valence-electron chi connectivity index (χ1n) is 3.06. The van der Waals surface area contributed by atoms with E-state index in [0.717, 1.165) is 13.0 Å². The van der Waals surface area contributed by atoms with E-state index in [1.807, 2.05) is 6.92 Å². The van der Waals surface area contributed by atoms with Gasteiger partial charge in [0, 0.05) is 10.7 Å². The molecule has 0 aliphatic carbocycles. The lowest BCUT2D eigenvalue weighted by molar-refractivity contribution is 0.383. The molecule has 0 aliphatic rings. The van der Waals surface area contributed by atoms with Gasteiger partial charge in [0.05, 0.1) is 0 Å². The lowest BCUT2D eigenvalue weighted by Crippen LogP contribution is -2.23. The fraction of sp³-hybridized carbons (Fsp3) is 1.00. The van der Waals surface area contributed by atoms with Crippen molar-refractivity contribution in [3.63, 3.8) is 0 Å². The number of halogens is 1. The Balaban J connectivity index is 3.69. The molecule has 0 bridgehead atoms. The highest BCUT2D eigenvalue weighted by atomic mass is 35.7. The van der Waals surface area contributed by atoms with Gasteiger partial charge in [-0.05, 0) is 20.0 Å². The topological polar surface area (TPSA) is 37.4 Å². The molecule has 0 atom stereocenters. The third-order valence-corrected chi connectivity index (χ3v) is 2.02. The standard InChI is InChI=1S/C5H12ClNO2S/c1-3-4-7(2)5-10(6,8)9/h3-5H2,1-2H3. The summed E-state index contributed by atoms with van der Waals surface area (Å²) in [7, 11) is 3.37. The van der Waals surface area contributed by atoms with Crippen molar-refractivity contribution in [2.45, 2.75) is 13.3 Å². The van der Waals surface area contributed by atoms with Crippen LogP contribution in [0.1, 0.15) is 13.3 Å². The van der Waals surface area contributed by atoms with Crippen LogP contribution in [0.15, 0.2) is 0 Å². The van der Waals surface area contributed by atoms with Crippen molar-refractivity contribution in [2.75, 3.05) is 19.5 Å². The summed E-state index contributed by atoms with van der Waals surface area (Å²) in [5, 5.41) is 0. The highest BCUT2D eigenvalue weighted by molar-refractivity contribution is 8.13. The molecule has 0 aromatic carbocycles. The second kappa shape index (κ2) is 4.16. The normalized spacial score (nSPS) is 12.4. The summed E-state index contributed by atoms with van der Waals surface area (Å²) < 4.78 is 20.9. The Morgan fingerprint density at radius 2 is 2.00 bits per heavy atom. The maximum Gasteiger partial charge on any atom is 0.245 e. The first-order valence-corrected chi connectivity index (χ1v) is 5.54. The van der Waals surface area contributed by atoms with Crippen LogP contribution in [-0.4, -0.2) is 32.8 Å². The first-order chi connectivity index (χ1) is 4.45. The van der Waals surface area contributed by atoms with E-state index in [-0.39, 0.29) is 5.88 Å². The van der Waals surface area contributed by atoms with Crippen molar-refractivity contribution in [3.05, 3.63) is 0 Å². The monoisotopic (exact) mass is 185 g/mol. The molecule has 0 spiro atoms. The molecule has 10 heavy (non-hydrogen) atoms. The molecule has 0 heterocycles. The van der Waals surface area contributed by atoms with Gasteiger partial charge in [-0.25, -0.2) is 8.42 Å². The lowest BCUT2D eigenvalue weighted by atomic mass is 10.5. The molecule has 0 saturated carbocycles. The SMILES string of the molecule is CCCN(C)CS(=O)(=O)Cl. The summed E-state index contributed by atoms with van der Waals surface area (Å²) in [6.45, 7) is 2.74. The molecule has 5 heteroatoms. The minimum absolute atomic E-state index is 0.0671. The Morgan fingerprint density at radius 3 is 2.30 bits per heavy atom. The molecular weight excluding hydrogens is 174 g/mol. The molecule has 0 aliphatic heterocycles. The average molecular weight is 186 g/mol. The Morgan fingerprint density at radius 1 is 1.50 bits per heavy atom. The predicted octanol–water partition coefficient (Wildman–Crippen LogP) is 0.854. The van der Waals surface area contributed by atoms with Crippen LogP contribution in [0, 0.1) is 0 Å². The van der Waals surface area contributed by atoms with Crippen molar-refractivity contribution < 1.29 is 8.42 Å². The van der Waals surface area contributed by atoms with Crippen molar-refractivity contribution in [1.82, 2.24) is 4.90 Å². The van der Waals surface area contributed by atoms with Gasteiger partial charge in [0.1, 0.15) is 5.88 Å². The third-order valence-electron chi connectivity index (χ3n) is 0.980. The van der Waals surface area contributed by atoms with E-state index < -0.39 is 9.05 Å². The quantitative estimate of drug-likeness (QED) is 0.610. The molecule has 0 rings (SSSR count). The predicted molar refractivity (Wildman–Crippen MR) is 42.6 cm³/mol. The maximum atomic E-state index is 10.4. The van der Waals surface area contributed by atoms with Crippen molar-refractivity contribution in [2.24, 2.45) is 0 Å². The van der Waals surface area contributed by atoms with Crippen molar-refractivity contribution in [1.29, 1.82) is 0 Å². The van der Waals surface area contributed by atoms with Crippen LogP contribution in [0.2, 0.25) is 0 Å². The second-order valence-corrected chi connectivity index (χ2v) is 4.99. The highest BCUT2D eigenvalue weighted by Crippen LogP contribution is 1.98. The van der Waals surface area contributed by atoms with Crippen LogP contribution in [0.5, 0.6) is 0 Å². The zero-order chi connectivity index (χ0) is 8.20. The minimum atomic E-state index is -3.35. The molecule has 0 saturated heterocycles. The van der Waals surface area contributed by atoms with Gasteiger partial charge in [-0.1, -0.05) is 6.92 Å². The third kappa shape index (κ3) is 6.32. The van der Waals surface area contributed by atoms with Crippen molar-refractivity contribution >= 4 is 19.7 Å². The molecule has 0 aromatic rings. The first kappa shape index (κ1) is 10.2. The van der Waals surface area contributed by atoms with E-state index in [0.29, 0.717) is 0 Å². The van der Waals surface area contributed by atoms with E-state index in [4.69, 9.17) is 10.7 Å². The van der Waals surface area contributed by atoms with E-state index in [9.17, 15) is 8.42 Å². The van der Waals surface area contributed by atoms with Gasteiger partial charge in [0.2, 0.25) is 9.05 Å². The fourth-order valence-corrected chi connectivity index (χ4v) is 1.86. The van der Waals surface area contributed by atoms with E-state index in [1.165, 1.54) is 0 Å². The zero-order valence-corrected chi connectivity index (χ0v) is 7.74. The van der Waals surface area contributed by atoms with Gasteiger partial charge in [-0.15, -0.1) is 0 Å². The number of rotatable bonds is 4. The van der Waals surface area contributed by atoms with Gasteiger partial charge < -0.3 is 0 Å². The second-order valence-electron chi connectivity index (χ2n) is 2.25. The van der Waals surface area contributed by atoms with Crippen LogP contribution in [0.4, 0.5) is 0 Å². The van der Waals surface area contributed by atoms with Crippen LogP contribution in [0.25, 0.3) is 0 Å².